The number of anilines is 3. The first-order chi connectivity index (χ1) is 16.9. The Balaban J connectivity index is 1.82. The average Bonchev–Trinajstić information content (AvgIpc) is 3.26. The number of amidine groups is 1. The van der Waals surface area contributed by atoms with E-state index in [4.69, 9.17) is 9.84 Å². The molecule has 4 rings (SSSR count). The van der Waals surface area contributed by atoms with Crippen LogP contribution in [0.1, 0.15) is 39.4 Å². The lowest BCUT2D eigenvalue weighted by Gasteiger charge is -2.33. The number of para-hydroxylation sites is 2. The number of ketones is 1. The molecule has 0 aromatic heterocycles. The van der Waals surface area contributed by atoms with Gasteiger partial charge in [0, 0.05) is 29.8 Å². The fourth-order valence-corrected chi connectivity index (χ4v) is 3.96. The zero-order valence-electron chi connectivity index (χ0n) is 20.4. The summed E-state index contributed by atoms with van der Waals surface area (Å²) in [6, 6.07) is 25.0. The van der Waals surface area contributed by atoms with E-state index in [1.807, 2.05) is 110 Å². The Morgan fingerprint density at radius 3 is 2.23 bits per heavy atom. The highest BCUT2D eigenvalue weighted by molar-refractivity contribution is 6.44. The van der Waals surface area contributed by atoms with Gasteiger partial charge in [0.25, 0.3) is 0 Å². The van der Waals surface area contributed by atoms with Gasteiger partial charge in [0.15, 0.2) is 17.8 Å². The van der Waals surface area contributed by atoms with Crippen molar-refractivity contribution in [2.75, 3.05) is 21.8 Å². The number of rotatable bonds is 8. The molecule has 3 aromatic carbocycles. The van der Waals surface area contributed by atoms with Crippen LogP contribution in [0.4, 0.5) is 17.1 Å². The Hall–Kier alpha value is -4.13. The van der Waals surface area contributed by atoms with Gasteiger partial charge in [-0.2, -0.15) is 0 Å². The van der Waals surface area contributed by atoms with Crippen LogP contribution in [-0.2, 0) is 9.59 Å². The predicted octanol–water partition coefficient (Wildman–Crippen LogP) is 5.61. The summed E-state index contributed by atoms with van der Waals surface area (Å²) in [5.41, 5.74) is 3.21. The summed E-state index contributed by atoms with van der Waals surface area (Å²) < 4.78 is 5.96. The summed E-state index contributed by atoms with van der Waals surface area (Å²) in [4.78, 5) is 26.8. The molecular weight excluding hydrogens is 440 g/mol. The summed E-state index contributed by atoms with van der Waals surface area (Å²) in [5.74, 6) is 0.725. The minimum absolute atomic E-state index is 0.0521. The highest BCUT2D eigenvalue weighted by Crippen LogP contribution is 2.42. The smallest absolute Gasteiger partial charge is 0.226 e. The highest BCUT2D eigenvalue weighted by Gasteiger charge is 2.40. The molecule has 0 saturated carbocycles. The fraction of sp³-hybridized carbons (Fsp3) is 0.250. The van der Waals surface area contributed by atoms with Crippen molar-refractivity contribution in [2.24, 2.45) is 11.0 Å². The van der Waals surface area contributed by atoms with Gasteiger partial charge in [0.05, 0.1) is 12.3 Å². The zero-order valence-corrected chi connectivity index (χ0v) is 20.4. The number of nitrogens with one attached hydrogen (secondary N) is 1. The topological polar surface area (TPSA) is 74.2 Å². The average molecular weight is 471 g/mol. The van der Waals surface area contributed by atoms with Crippen molar-refractivity contribution in [3.63, 3.8) is 0 Å². The SMILES string of the molecule is CCOc1ccccc1[C@@H]1N(c2ccccc2)N=C(C(C)=O)N1c1ccc(NC(=O)C(C)C)cc1. The summed E-state index contributed by atoms with van der Waals surface area (Å²) >= 11 is 0. The van der Waals surface area contributed by atoms with E-state index in [-0.39, 0.29) is 17.6 Å². The minimum Gasteiger partial charge on any atom is -0.493 e. The van der Waals surface area contributed by atoms with E-state index >= 15 is 0 Å². The van der Waals surface area contributed by atoms with Gasteiger partial charge >= 0.3 is 0 Å². The molecule has 1 aliphatic rings. The van der Waals surface area contributed by atoms with Gasteiger partial charge in [-0.25, -0.2) is 5.01 Å². The number of hydrazone groups is 1. The van der Waals surface area contributed by atoms with Gasteiger partial charge in [-0.1, -0.05) is 50.2 Å². The molecule has 1 atom stereocenters. The third-order valence-corrected chi connectivity index (χ3v) is 5.68. The number of ether oxygens (including phenoxy) is 1. The third kappa shape index (κ3) is 5.04. The number of carbonyl (C=O) groups is 2. The summed E-state index contributed by atoms with van der Waals surface area (Å²) in [6.45, 7) is 7.67. The van der Waals surface area contributed by atoms with Gasteiger partial charge in [-0.05, 0) is 49.4 Å². The molecule has 0 spiro atoms. The van der Waals surface area contributed by atoms with Crippen molar-refractivity contribution in [3.05, 3.63) is 84.4 Å². The summed E-state index contributed by atoms with van der Waals surface area (Å²) in [5, 5.41) is 9.53. The van der Waals surface area contributed by atoms with Crippen molar-refractivity contribution in [2.45, 2.75) is 33.9 Å². The minimum atomic E-state index is -0.449. The Kier molecular flexibility index (Phi) is 7.15. The second kappa shape index (κ2) is 10.4. The van der Waals surface area contributed by atoms with Crippen LogP contribution in [0, 0.1) is 5.92 Å². The molecule has 0 unspecified atom stereocenters. The lowest BCUT2D eigenvalue weighted by atomic mass is 10.1. The maximum absolute atomic E-state index is 12.8. The van der Waals surface area contributed by atoms with E-state index in [1.165, 1.54) is 6.92 Å². The molecule has 180 valence electrons. The molecule has 7 heteroatoms. The summed E-state index contributed by atoms with van der Waals surface area (Å²) in [7, 11) is 0. The molecule has 1 heterocycles. The van der Waals surface area contributed by atoms with E-state index in [0.717, 1.165) is 22.7 Å². The van der Waals surface area contributed by atoms with Gasteiger partial charge in [-0.3, -0.25) is 14.5 Å². The molecule has 7 nitrogen and oxygen atoms in total. The molecule has 0 aliphatic carbocycles. The molecule has 3 aromatic rings. The predicted molar refractivity (Wildman–Crippen MR) is 140 cm³/mol. The quantitative estimate of drug-likeness (QED) is 0.463. The maximum Gasteiger partial charge on any atom is 0.226 e. The van der Waals surface area contributed by atoms with Crippen LogP contribution in [0.15, 0.2) is 84.0 Å². The van der Waals surface area contributed by atoms with Crippen molar-refractivity contribution in [1.29, 1.82) is 0 Å². The molecule has 1 amide bonds. The molecule has 1 N–H and O–H groups in total. The van der Waals surface area contributed by atoms with E-state index in [9.17, 15) is 9.59 Å². The lowest BCUT2D eigenvalue weighted by Crippen LogP contribution is -2.38. The standard InChI is InChI=1S/C28H30N4O3/c1-5-35-25-14-10-9-13-24(25)28-31(22-17-15-21(16-18-22)29-27(34)19(2)3)26(20(4)33)30-32(28)23-11-7-6-8-12-23/h6-19,28H,5H2,1-4H3,(H,29,34)/t28-/m0/s1. The first-order valence-electron chi connectivity index (χ1n) is 11.8. The second-order valence-electron chi connectivity index (χ2n) is 8.57. The number of hydrogen-bond donors (Lipinski definition) is 1. The van der Waals surface area contributed by atoms with Crippen LogP contribution in [0.25, 0.3) is 0 Å². The first-order valence-corrected chi connectivity index (χ1v) is 11.8. The fourth-order valence-electron chi connectivity index (χ4n) is 3.96. The van der Waals surface area contributed by atoms with Crippen LogP contribution in [0.3, 0.4) is 0 Å². The van der Waals surface area contributed by atoms with E-state index in [0.29, 0.717) is 18.1 Å². The number of nitrogens with zero attached hydrogens (tertiary/aromatic N) is 3. The van der Waals surface area contributed by atoms with Gasteiger partial charge in [0.1, 0.15) is 5.75 Å². The third-order valence-electron chi connectivity index (χ3n) is 5.68. The van der Waals surface area contributed by atoms with Gasteiger partial charge < -0.3 is 10.1 Å². The Bertz CT molecular complexity index is 1220. The normalized spacial score (nSPS) is 15.2. The van der Waals surface area contributed by atoms with Crippen LogP contribution >= 0.6 is 0 Å². The molecular formula is C28H30N4O3. The van der Waals surface area contributed by atoms with E-state index < -0.39 is 6.17 Å². The van der Waals surface area contributed by atoms with Crippen molar-refractivity contribution in [1.82, 2.24) is 0 Å². The lowest BCUT2D eigenvalue weighted by molar-refractivity contribution is -0.119. The number of Topliss-reactive ketones (excluding diaryl/α,β-unsaturated/α-hetero) is 1. The number of benzene rings is 3. The van der Waals surface area contributed by atoms with Crippen LogP contribution in [0.2, 0.25) is 0 Å². The van der Waals surface area contributed by atoms with Gasteiger partial charge in [-0.15, -0.1) is 5.10 Å². The van der Waals surface area contributed by atoms with Crippen LogP contribution in [0.5, 0.6) is 5.75 Å². The van der Waals surface area contributed by atoms with Crippen molar-refractivity contribution < 1.29 is 14.3 Å². The largest absolute Gasteiger partial charge is 0.493 e. The summed E-state index contributed by atoms with van der Waals surface area (Å²) in [6.07, 6.45) is -0.449. The molecule has 0 fully saturated rings. The second-order valence-corrected chi connectivity index (χ2v) is 8.57. The van der Waals surface area contributed by atoms with E-state index in [1.54, 1.807) is 0 Å². The molecule has 0 saturated heterocycles. The maximum atomic E-state index is 12.8. The Labute approximate surface area is 206 Å². The van der Waals surface area contributed by atoms with Gasteiger partial charge in [0.2, 0.25) is 5.91 Å². The molecule has 0 bridgehead atoms. The van der Waals surface area contributed by atoms with Crippen molar-refractivity contribution in [3.8, 4) is 5.75 Å². The monoisotopic (exact) mass is 470 g/mol. The number of hydrogen-bond acceptors (Lipinski definition) is 6. The number of amides is 1. The first kappa shape index (κ1) is 24.0. The van der Waals surface area contributed by atoms with E-state index in [2.05, 4.69) is 5.32 Å². The highest BCUT2D eigenvalue weighted by atomic mass is 16.5. The Morgan fingerprint density at radius 2 is 1.60 bits per heavy atom. The van der Waals surface area contributed by atoms with Crippen LogP contribution in [-0.4, -0.2) is 24.1 Å². The number of carbonyl (C=O) groups excluding carboxylic acids is 2. The zero-order chi connectivity index (χ0) is 24.9. The van der Waals surface area contributed by atoms with Crippen molar-refractivity contribution >= 4 is 34.6 Å². The van der Waals surface area contributed by atoms with Crippen LogP contribution < -0.4 is 20.0 Å². The molecule has 1 aliphatic heterocycles. The molecule has 35 heavy (non-hydrogen) atoms. The Morgan fingerprint density at radius 1 is 0.943 bits per heavy atom. The molecule has 0 radical (unpaired) electrons.